The summed E-state index contributed by atoms with van der Waals surface area (Å²) >= 11 is 0. The van der Waals surface area contributed by atoms with Crippen molar-refractivity contribution in [3.05, 3.63) is 0 Å². The number of rotatable bonds is 4. The lowest BCUT2D eigenvalue weighted by Crippen LogP contribution is -2.35. The van der Waals surface area contributed by atoms with Crippen molar-refractivity contribution in [1.29, 1.82) is 0 Å². The molecule has 1 aliphatic heterocycles. The van der Waals surface area contributed by atoms with Gasteiger partial charge < -0.3 is 5.11 Å². The summed E-state index contributed by atoms with van der Waals surface area (Å²) in [6, 6.07) is 0. The lowest BCUT2D eigenvalue weighted by molar-refractivity contribution is 0.260. The molecule has 0 saturated carbocycles. The molecule has 0 atom stereocenters. The van der Waals surface area contributed by atoms with Crippen LogP contribution in [0, 0.1) is 0 Å². The minimum Gasteiger partial charge on any atom is -0.395 e. The predicted molar refractivity (Wildman–Crippen MR) is 49.4 cm³/mol. The van der Waals surface area contributed by atoms with Crippen LogP contribution in [0.5, 0.6) is 0 Å². The fourth-order valence-corrected chi connectivity index (χ4v) is 3.11. The van der Waals surface area contributed by atoms with Gasteiger partial charge in [0, 0.05) is 26.2 Å². The van der Waals surface area contributed by atoms with Crippen LogP contribution in [0.4, 0.5) is 0 Å². The Morgan fingerprint density at radius 2 is 1.77 bits per heavy atom. The van der Waals surface area contributed by atoms with Crippen LogP contribution in [0.3, 0.4) is 0 Å². The van der Waals surface area contributed by atoms with E-state index >= 15 is 0 Å². The second-order valence-electron chi connectivity index (χ2n) is 3.03. The van der Waals surface area contributed by atoms with E-state index in [9.17, 15) is 8.42 Å². The summed E-state index contributed by atoms with van der Waals surface area (Å²) < 4.78 is 26.0. The van der Waals surface area contributed by atoms with Gasteiger partial charge >= 0.3 is 0 Å². The Bertz CT molecular complexity index is 232. The summed E-state index contributed by atoms with van der Waals surface area (Å²) in [7, 11) is -3.25. The van der Waals surface area contributed by atoms with Crippen LogP contribution in [-0.4, -0.2) is 54.9 Å². The second-order valence-corrected chi connectivity index (χ2v) is 4.96. The Balaban J connectivity index is 2.66. The minimum atomic E-state index is -3.25. The summed E-state index contributed by atoms with van der Waals surface area (Å²) in [5.41, 5.74) is 0. The second kappa shape index (κ2) is 4.36. The van der Waals surface area contributed by atoms with Crippen molar-refractivity contribution in [3.8, 4) is 0 Å². The molecule has 0 amide bonds. The van der Waals surface area contributed by atoms with Crippen molar-refractivity contribution < 1.29 is 13.5 Å². The van der Waals surface area contributed by atoms with Crippen molar-refractivity contribution in [2.45, 2.75) is 13.3 Å². The van der Waals surface area contributed by atoms with Crippen LogP contribution in [0.25, 0.3) is 0 Å². The van der Waals surface area contributed by atoms with Gasteiger partial charge in [-0.05, 0) is 6.42 Å². The summed E-state index contributed by atoms with van der Waals surface area (Å²) in [5, 5.41) is 8.65. The van der Waals surface area contributed by atoms with Crippen molar-refractivity contribution in [3.63, 3.8) is 0 Å². The van der Waals surface area contributed by atoms with E-state index in [1.807, 2.05) is 6.92 Å². The molecule has 5 nitrogen and oxygen atoms in total. The molecule has 1 heterocycles. The van der Waals surface area contributed by atoms with Crippen LogP contribution in [-0.2, 0) is 10.2 Å². The molecule has 1 saturated heterocycles. The first-order valence-electron chi connectivity index (χ1n) is 4.49. The summed E-state index contributed by atoms with van der Waals surface area (Å²) in [6.45, 7) is 3.68. The normalized spacial score (nSPS) is 23.8. The van der Waals surface area contributed by atoms with Gasteiger partial charge in [0.2, 0.25) is 0 Å². The third-order valence-electron chi connectivity index (χ3n) is 2.07. The van der Waals surface area contributed by atoms with Gasteiger partial charge in [-0.3, -0.25) is 0 Å². The monoisotopic (exact) mass is 208 g/mol. The van der Waals surface area contributed by atoms with E-state index < -0.39 is 10.2 Å². The summed E-state index contributed by atoms with van der Waals surface area (Å²) in [4.78, 5) is 0. The van der Waals surface area contributed by atoms with Gasteiger partial charge in [-0.2, -0.15) is 17.0 Å². The van der Waals surface area contributed by atoms with E-state index in [2.05, 4.69) is 0 Å². The number of hydrogen-bond acceptors (Lipinski definition) is 3. The molecule has 0 aromatic rings. The molecule has 1 fully saturated rings. The standard InChI is InChI=1S/C7H16N2O3S/c1-2-3-8-4-5-9(6-7-10)13(8,11)12/h10H,2-7H2,1H3. The van der Waals surface area contributed by atoms with E-state index in [0.717, 1.165) is 6.42 Å². The highest BCUT2D eigenvalue weighted by Gasteiger charge is 2.34. The maximum Gasteiger partial charge on any atom is 0.282 e. The van der Waals surface area contributed by atoms with Crippen LogP contribution in [0.1, 0.15) is 13.3 Å². The fraction of sp³-hybridized carbons (Fsp3) is 1.00. The molecule has 78 valence electrons. The average Bonchev–Trinajstić information content (AvgIpc) is 2.33. The van der Waals surface area contributed by atoms with Gasteiger partial charge in [0.1, 0.15) is 0 Å². The molecule has 1 rings (SSSR count). The Morgan fingerprint density at radius 3 is 2.23 bits per heavy atom. The Morgan fingerprint density at radius 1 is 1.23 bits per heavy atom. The molecule has 0 spiro atoms. The van der Waals surface area contributed by atoms with Gasteiger partial charge in [-0.25, -0.2) is 0 Å². The molecule has 6 heteroatoms. The van der Waals surface area contributed by atoms with E-state index in [4.69, 9.17) is 5.11 Å². The van der Waals surface area contributed by atoms with Crippen molar-refractivity contribution >= 4 is 10.2 Å². The first-order valence-corrected chi connectivity index (χ1v) is 5.88. The first kappa shape index (κ1) is 10.9. The molecule has 1 N–H and O–H groups in total. The largest absolute Gasteiger partial charge is 0.395 e. The van der Waals surface area contributed by atoms with Gasteiger partial charge in [0.05, 0.1) is 6.61 Å². The number of hydrogen-bond donors (Lipinski definition) is 1. The van der Waals surface area contributed by atoms with Crippen molar-refractivity contribution in [1.82, 2.24) is 8.61 Å². The molecular formula is C7H16N2O3S. The van der Waals surface area contributed by atoms with E-state index in [1.54, 1.807) is 0 Å². The molecule has 13 heavy (non-hydrogen) atoms. The average molecular weight is 208 g/mol. The Labute approximate surface area is 79.1 Å². The number of aliphatic hydroxyl groups is 1. The molecule has 0 unspecified atom stereocenters. The third kappa shape index (κ3) is 2.19. The van der Waals surface area contributed by atoms with Crippen LogP contribution >= 0.6 is 0 Å². The number of β-amino-alcohol motifs (C(OH)–C–C–N with tert-alkyl or cyclic N) is 1. The molecule has 1 aliphatic rings. The van der Waals surface area contributed by atoms with E-state index in [1.165, 1.54) is 8.61 Å². The number of nitrogens with zero attached hydrogens (tertiary/aromatic N) is 2. The fourth-order valence-electron chi connectivity index (χ4n) is 1.43. The highest BCUT2D eigenvalue weighted by atomic mass is 32.2. The molecule has 0 radical (unpaired) electrons. The highest BCUT2D eigenvalue weighted by molar-refractivity contribution is 7.87. The van der Waals surface area contributed by atoms with E-state index in [0.29, 0.717) is 19.6 Å². The smallest absolute Gasteiger partial charge is 0.282 e. The zero-order valence-electron chi connectivity index (χ0n) is 7.81. The van der Waals surface area contributed by atoms with E-state index in [-0.39, 0.29) is 13.2 Å². The predicted octanol–water partition coefficient (Wildman–Crippen LogP) is -0.749. The highest BCUT2D eigenvalue weighted by Crippen LogP contribution is 2.15. The van der Waals surface area contributed by atoms with Gasteiger partial charge in [-0.1, -0.05) is 6.92 Å². The Hall–Kier alpha value is -0.170. The van der Waals surface area contributed by atoms with Crippen molar-refractivity contribution in [2.24, 2.45) is 0 Å². The van der Waals surface area contributed by atoms with Gasteiger partial charge in [0.25, 0.3) is 10.2 Å². The third-order valence-corrected chi connectivity index (χ3v) is 4.11. The Kier molecular flexibility index (Phi) is 3.66. The zero-order valence-corrected chi connectivity index (χ0v) is 8.63. The van der Waals surface area contributed by atoms with Crippen molar-refractivity contribution in [2.75, 3.05) is 32.8 Å². The first-order chi connectivity index (χ1) is 6.12. The lowest BCUT2D eigenvalue weighted by atomic mass is 10.4. The topological polar surface area (TPSA) is 60.9 Å². The number of aliphatic hydroxyl groups excluding tert-OH is 1. The molecular weight excluding hydrogens is 192 g/mol. The van der Waals surface area contributed by atoms with Crippen LogP contribution < -0.4 is 0 Å². The molecule has 0 aromatic carbocycles. The molecule has 0 bridgehead atoms. The van der Waals surface area contributed by atoms with Gasteiger partial charge in [-0.15, -0.1) is 0 Å². The summed E-state index contributed by atoms with van der Waals surface area (Å²) in [6.07, 6.45) is 0.826. The van der Waals surface area contributed by atoms with Crippen LogP contribution in [0.15, 0.2) is 0 Å². The maximum absolute atomic E-state index is 11.6. The molecule has 0 aromatic heterocycles. The SMILES string of the molecule is CCCN1CCN(CCO)S1(=O)=O. The molecule has 0 aliphatic carbocycles. The quantitative estimate of drug-likeness (QED) is 0.661. The van der Waals surface area contributed by atoms with Crippen LogP contribution in [0.2, 0.25) is 0 Å². The zero-order chi connectivity index (χ0) is 9.90. The summed E-state index contributed by atoms with van der Waals surface area (Å²) in [5.74, 6) is 0. The van der Waals surface area contributed by atoms with Gasteiger partial charge in [0.15, 0.2) is 0 Å². The lowest BCUT2D eigenvalue weighted by Gasteiger charge is -2.16. The maximum atomic E-state index is 11.6. The minimum absolute atomic E-state index is 0.112.